The van der Waals surface area contributed by atoms with Crippen molar-refractivity contribution in [1.82, 2.24) is 4.98 Å². The Bertz CT molecular complexity index is 221. The van der Waals surface area contributed by atoms with E-state index in [-0.39, 0.29) is 12.4 Å². The number of aromatic nitrogens is 1. The van der Waals surface area contributed by atoms with E-state index in [9.17, 15) is 0 Å². The summed E-state index contributed by atoms with van der Waals surface area (Å²) in [4.78, 5) is 4.34. The van der Waals surface area contributed by atoms with Crippen LogP contribution in [0.15, 0.2) is 24.4 Å². The first kappa shape index (κ1) is 9.87. The third-order valence-electron chi connectivity index (χ3n) is 1.95. The second-order valence-corrected chi connectivity index (χ2v) is 4.07. The summed E-state index contributed by atoms with van der Waals surface area (Å²) >= 11 is 2.03. The highest BCUT2D eigenvalue weighted by Gasteiger charge is 2.17. The van der Waals surface area contributed by atoms with E-state index < -0.39 is 0 Å². The molecule has 0 radical (unpaired) electrons. The van der Waals surface area contributed by atoms with Gasteiger partial charge >= 0.3 is 0 Å². The number of hydrogen-bond acceptors (Lipinski definition) is 2. The molecular weight excluding hydrogens is 190 g/mol. The molecule has 1 aromatic heterocycles. The monoisotopic (exact) mass is 201 g/mol. The molecule has 0 aliphatic carbocycles. The first-order valence-electron chi connectivity index (χ1n) is 3.99. The van der Waals surface area contributed by atoms with E-state index in [0.717, 1.165) is 0 Å². The van der Waals surface area contributed by atoms with Crippen LogP contribution in [0.2, 0.25) is 0 Å². The van der Waals surface area contributed by atoms with E-state index in [1.807, 2.05) is 24.0 Å². The molecule has 12 heavy (non-hydrogen) atoms. The van der Waals surface area contributed by atoms with E-state index in [2.05, 4.69) is 17.1 Å². The molecule has 0 amide bonds. The second-order valence-electron chi connectivity index (χ2n) is 2.76. The molecule has 1 saturated heterocycles. The summed E-state index contributed by atoms with van der Waals surface area (Å²) in [7, 11) is 0. The predicted octanol–water partition coefficient (Wildman–Crippen LogP) is 3.07. The van der Waals surface area contributed by atoms with Crippen molar-refractivity contribution in [3.05, 3.63) is 30.1 Å². The minimum Gasteiger partial charge on any atom is -0.260 e. The standard InChI is InChI=1S/C9H11NS.ClH/c1-2-6-10-8(4-1)9-5-3-7-11-9;/h1-2,4,6,9H,3,5,7H2;1H. The normalized spacial score (nSPS) is 21.8. The topological polar surface area (TPSA) is 12.9 Å². The van der Waals surface area contributed by atoms with Crippen molar-refractivity contribution in [3.63, 3.8) is 0 Å². The molecule has 2 heterocycles. The Hall–Kier alpha value is -0.210. The van der Waals surface area contributed by atoms with Crippen LogP contribution in [0, 0.1) is 0 Å². The Morgan fingerprint density at radius 1 is 1.42 bits per heavy atom. The lowest BCUT2D eigenvalue weighted by Gasteiger charge is -2.05. The van der Waals surface area contributed by atoms with Crippen LogP contribution in [-0.4, -0.2) is 10.7 Å². The summed E-state index contributed by atoms with van der Waals surface area (Å²) < 4.78 is 0. The smallest absolute Gasteiger partial charge is 0.0533 e. The summed E-state index contributed by atoms with van der Waals surface area (Å²) in [5, 5.41) is 0.677. The van der Waals surface area contributed by atoms with E-state index in [1.165, 1.54) is 24.3 Å². The fourth-order valence-electron chi connectivity index (χ4n) is 1.38. The lowest BCUT2D eigenvalue weighted by molar-refractivity contribution is 0.807. The van der Waals surface area contributed by atoms with Gasteiger partial charge in [0.25, 0.3) is 0 Å². The summed E-state index contributed by atoms with van der Waals surface area (Å²) in [5.74, 6) is 1.31. The molecule has 0 bridgehead atoms. The highest BCUT2D eigenvalue weighted by atomic mass is 35.5. The second kappa shape index (κ2) is 4.73. The van der Waals surface area contributed by atoms with Crippen molar-refractivity contribution >= 4 is 24.2 Å². The molecule has 3 heteroatoms. The van der Waals surface area contributed by atoms with Crippen LogP contribution < -0.4 is 0 Å². The molecule has 0 N–H and O–H groups in total. The number of rotatable bonds is 1. The largest absolute Gasteiger partial charge is 0.260 e. The van der Waals surface area contributed by atoms with Gasteiger partial charge in [-0.15, -0.1) is 12.4 Å². The average Bonchev–Trinajstić information content (AvgIpc) is 2.58. The molecule has 0 saturated carbocycles. The third kappa shape index (κ3) is 2.14. The van der Waals surface area contributed by atoms with E-state index in [0.29, 0.717) is 5.25 Å². The molecule has 1 aromatic rings. The lowest BCUT2D eigenvalue weighted by atomic mass is 10.2. The van der Waals surface area contributed by atoms with E-state index >= 15 is 0 Å². The summed E-state index contributed by atoms with van der Waals surface area (Å²) in [5.41, 5.74) is 1.26. The van der Waals surface area contributed by atoms with Gasteiger partial charge < -0.3 is 0 Å². The number of hydrogen-bond donors (Lipinski definition) is 0. The van der Waals surface area contributed by atoms with Crippen LogP contribution in [-0.2, 0) is 0 Å². The first-order chi connectivity index (χ1) is 5.47. The molecule has 1 unspecified atom stereocenters. The van der Waals surface area contributed by atoms with Crippen molar-refractivity contribution in [3.8, 4) is 0 Å². The molecule has 66 valence electrons. The molecule has 0 spiro atoms. The van der Waals surface area contributed by atoms with Crippen LogP contribution in [0.1, 0.15) is 23.8 Å². The number of pyridine rings is 1. The van der Waals surface area contributed by atoms with E-state index in [1.54, 1.807) is 0 Å². The predicted molar refractivity (Wildman–Crippen MR) is 55.9 cm³/mol. The van der Waals surface area contributed by atoms with Gasteiger partial charge in [-0.05, 0) is 30.7 Å². The van der Waals surface area contributed by atoms with Crippen molar-refractivity contribution in [2.45, 2.75) is 18.1 Å². The Balaban J connectivity index is 0.000000720. The fourth-order valence-corrected chi connectivity index (χ4v) is 2.64. The molecule has 1 aliphatic rings. The Labute approximate surface area is 83.4 Å². The van der Waals surface area contributed by atoms with Gasteiger partial charge in [-0.1, -0.05) is 6.07 Å². The average molecular weight is 202 g/mol. The summed E-state index contributed by atoms with van der Waals surface area (Å²) in [6, 6.07) is 6.17. The third-order valence-corrected chi connectivity index (χ3v) is 3.35. The van der Waals surface area contributed by atoms with Crippen molar-refractivity contribution in [2.24, 2.45) is 0 Å². The first-order valence-corrected chi connectivity index (χ1v) is 5.04. The van der Waals surface area contributed by atoms with Gasteiger partial charge in [0, 0.05) is 11.4 Å². The van der Waals surface area contributed by atoms with Crippen LogP contribution in [0.5, 0.6) is 0 Å². The Kier molecular flexibility index (Phi) is 3.89. The fraction of sp³-hybridized carbons (Fsp3) is 0.444. The quantitative estimate of drug-likeness (QED) is 0.693. The number of halogens is 1. The maximum absolute atomic E-state index is 4.34. The zero-order chi connectivity index (χ0) is 7.52. The summed E-state index contributed by atoms with van der Waals surface area (Å²) in [6.45, 7) is 0. The number of thioether (sulfide) groups is 1. The van der Waals surface area contributed by atoms with E-state index in [4.69, 9.17) is 0 Å². The SMILES string of the molecule is Cl.c1ccc(C2CCCS2)nc1. The van der Waals surface area contributed by atoms with Crippen LogP contribution >= 0.6 is 24.2 Å². The highest BCUT2D eigenvalue weighted by Crippen LogP contribution is 2.38. The number of nitrogens with zero attached hydrogens (tertiary/aromatic N) is 1. The zero-order valence-corrected chi connectivity index (χ0v) is 8.40. The molecule has 2 rings (SSSR count). The van der Waals surface area contributed by atoms with Gasteiger partial charge in [0.15, 0.2) is 0 Å². The van der Waals surface area contributed by atoms with Gasteiger partial charge in [-0.25, -0.2) is 0 Å². The van der Waals surface area contributed by atoms with Crippen LogP contribution in [0.25, 0.3) is 0 Å². The molecule has 1 atom stereocenters. The summed E-state index contributed by atoms with van der Waals surface area (Å²) in [6.07, 6.45) is 4.54. The molecular formula is C9H12ClNS. The maximum atomic E-state index is 4.34. The zero-order valence-electron chi connectivity index (χ0n) is 6.77. The van der Waals surface area contributed by atoms with Gasteiger partial charge in [0.05, 0.1) is 5.69 Å². The molecule has 1 aliphatic heterocycles. The minimum absolute atomic E-state index is 0. The van der Waals surface area contributed by atoms with Crippen LogP contribution in [0.4, 0.5) is 0 Å². The molecule has 0 aromatic carbocycles. The van der Waals surface area contributed by atoms with Crippen LogP contribution in [0.3, 0.4) is 0 Å². The Morgan fingerprint density at radius 3 is 2.92 bits per heavy atom. The van der Waals surface area contributed by atoms with Crippen molar-refractivity contribution < 1.29 is 0 Å². The van der Waals surface area contributed by atoms with Crippen molar-refractivity contribution in [1.29, 1.82) is 0 Å². The minimum atomic E-state index is 0. The van der Waals surface area contributed by atoms with Gasteiger partial charge in [0.2, 0.25) is 0 Å². The Morgan fingerprint density at radius 2 is 2.33 bits per heavy atom. The lowest BCUT2D eigenvalue weighted by Crippen LogP contribution is -1.90. The van der Waals surface area contributed by atoms with Crippen molar-refractivity contribution in [2.75, 3.05) is 5.75 Å². The van der Waals surface area contributed by atoms with Gasteiger partial charge in [-0.3, -0.25) is 4.98 Å². The van der Waals surface area contributed by atoms with Gasteiger partial charge in [-0.2, -0.15) is 11.8 Å². The highest BCUT2D eigenvalue weighted by molar-refractivity contribution is 7.99. The molecule has 1 nitrogen and oxygen atoms in total. The maximum Gasteiger partial charge on any atom is 0.0533 e. The van der Waals surface area contributed by atoms with Gasteiger partial charge in [0.1, 0.15) is 0 Å². The molecule has 1 fully saturated rings.